The minimum Gasteiger partial charge on any atom is -0.530 e. The highest BCUT2D eigenvalue weighted by molar-refractivity contribution is 5.64. The van der Waals surface area contributed by atoms with E-state index in [1.54, 1.807) is 0 Å². The molecule has 2 unspecified atom stereocenters. The Balaban J connectivity index is 2.12. The first kappa shape index (κ1) is 11.7. The number of ether oxygens (including phenoxy) is 1. The summed E-state index contributed by atoms with van der Waals surface area (Å²) in [5.74, 6) is 0. The van der Waals surface area contributed by atoms with Gasteiger partial charge in [0.2, 0.25) is 0 Å². The van der Waals surface area contributed by atoms with Crippen molar-refractivity contribution in [1.82, 2.24) is 4.90 Å². The summed E-state index contributed by atoms with van der Waals surface area (Å²) in [6.45, 7) is 5.75. The van der Waals surface area contributed by atoms with Crippen LogP contribution in [0, 0.1) is 0 Å². The monoisotopic (exact) mass is 226 g/mol. The largest absolute Gasteiger partial charge is 0.530 e. The van der Waals surface area contributed by atoms with E-state index in [0.717, 1.165) is 25.7 Å². The van der Waals surface area contributed by atoms with E-state index in [-0.39, 0.29) is 23.8 Å². The minimum atomic E-state index is -1.06. The lowest BCUT2D eigenvalue weighted by Gasteiger charge is -2.46. The van der Waals surface area contributed by atoms with E-state index in [9.17, 15) is 9.90 Å². The summed E-state index contributed by atoms with van der Waals surface area (Å²) in [7, 11) is 0. The average Bonchev–Trinajstić information content (AvgIpc) is 2.42. The number of carbonyl (C=O) groups is 1. The van der Waals surface area contributed by atoms with Crippen molar-refractivity contribution in [3.05, 3.63) is 0 Å². The molecule has 0 aromatic carbocycles. The normalized spacial score (nSPS) is 33.8. The maximum Gasteiger partial charge on any atom is 0.137 e. The molecule has 0 aromatic rings. The smallest absolute Gasteiger partial charge is 0.137 e. The van der Waals surface area contributed by atoms with Crippen LogP contribution in [0.1, 0.15) is 46.5 Å². The highest BCUT2D eigenvalue weighted by Gasteiger charge is 2.40. The Labute approximate surface area is 96.6 Å². The number of carbonyl (C=O) groups excluding carboxylic acids is 1. The van der Waals surface area contributed by atoms with Crippen LogP contribution >= 0.6 is 0 Å². The molecular formula is C12H20NO3-. The molecule has 1 amide bonds. The SMILES string of the molecule is CC(C)(C)N(C(=O)[O-])C1CC2CCC(C1)O2. The predicted molar refractivity (Wildman–Crippen MR) is 57.9 cm³/mol. The molecule has 2 saturated heterocycles. The van der Waals surface area contributed by atoms with Crippen LogP contribution in [-0.4, -0.2) is 34.8 Å². The van der Waals surface area contributed by atoms with Gasteiger partial charge in [0.05, 0.1) is 12.2 Å². The lowest BCUT2D eigenvalue weighted by molar-refractivity contribution is -0.275. The number of amides is 1. The highest BCUT2D eigenvalue weighted by atomic mass is 16.5. The van der Waals surface area contributed by atoms with Crippen molar-refractivity contribution in [1.29, 1.82) is 0 Å². The molecule has 2 heterocycles. The fourth-order valence-corrected chi connectivity index (χ4v) is 3.01. The van der Waals surface area contributed by atoms with Gasteiger partial charge in [-0.15, -0.1) is 0 Å². The van der Waals surface area contributed by atoms with Crippen molar-refractivity contribution in [3.8, 4) is 0 Å². The van der Waals surface area contributed by atoms with Gasteiger partial charge in [-0.3, -0.25) is 0 Å². The maximum atomic E-state index is 11.3. The maximum absolute atomic E-state index is 11.3. The second kappa shape index (κ2) is 3.91. The van der Waals surface area contributed by atoms with Crippen molar-refractivity contribution in [2.75, 3.05) is 0 Å². The Morgan fingerprint density at radius 2 is 1.75 bits per heavy atom. The van der Waals surface area contributed by atoms with Gasteiger partial charge in [-0.1, -0.05) is 0 Å². The number of nitrogens with zero attached hydrogens (tertiary/aromatic N) is 1. The lowest BCUT2D eigenvalue weighted by Crippen LogP contribution is -2.58. The zero-order valence-corrected chi connectivity index (χ0v) is 10.2. The predicted octanol–water partition coefficient (Wildman–Crippen LogP) is 1.14. The van der Waals surface area contributed by atoms with Crippen molar-refractivity contribution in [3.63, 3.8) is 0 Å². The van der Waals surface area contributed by atoms with E-state index in [1.165, 1.54) is 4.90 Å². The average molecular weight is 226 g/mol. The van der Waals surface area contributed by atoms with E-state index in [0.29, 0.717) is 0 Å². The van der Waals surface area contributed by atoms with Gasteiger partial charge in [0.25, 0.3) is 0 Å². The third kappa shape index (κ3) is 2.17. The second-order valence-electron chi connectivity index (χ2n) is 5.89. The first-order chi connectivity index (χ1) is 7.38. The summed E-state index contributed by atoms with van der Waals surface area (Å²) in [5.41, 5.74) is -0.389. The fraction of sp³-hybridized carbons (Fsp3) is 0.917. The second-order valence-corrected chi connectivity index (χ2v) is 5.89. The summed E-state index contributed by atoms with van der Waals surface area (Å²) in [6.07, 6.45) is 3.25. The summed E-state index contributed by atoms with van der Waals surface area (Å²) in [6, 6.07) is 0.0660. The van der Waals surface area contributed by atoms with E-state index in [2.05, 4.69) is 0 Å². The fourth-order valence-electron chi connectivity index (χ4n) is 3.01. The van der Waals surface area contributed by atoms with Gasteiger partial charge < -0.3 is 19.5 Å². The van der Waals surface area contributed by atoms with Crippen molar-refractivity contribution in [2.45, 2.75) is 70.2 Å². The molecule has 4 heteroatoms. The summed E-state index contributed by atoms with van der Waals surface area (Å²) >= 11 is 0. The first-order valence-electron chi connectivity index (χ1n) is 6.03. The molecule has 2 atom stereocenters. The molecule has 0 spiro atoms. The molecule has 0 saturated carbocycles. The van der Waals surface area contributed by atoms with Crippen LogP contribution in [0.4, 0.5) is 4.79 Å². The summed E-state index contributed by atoms with van der Waals surface area (Å²) in [5, 5.41) is 11.3. The molecule has 2 aliphatic heterocycles. The molecule has 2 bridgehead atoms. The number of hydrogen-bond acceptors (Lipinski definition) is 3. The molecular weight excluding hydrogens is 206 g/mol. The molecule has 2 fully saturated rings. The quantitative estimate of drug-likeness (QED) is 0.673. The van der Waals surface area contributed by atoms with Crippen LogP contribution in [0.3, 0.4) is 0 Å². The van der Waals surface area contributed by atoms with Gasteiger partial charge in [-0.25, -0.2) is 0 Å². The van der Waals surface area contributed by atoms with Crippen LogP contribution in [0.15, 0.2) is 0 Å². The Kier molecular flexibility index (Phi) is 2.86. The molecule has 4 nitrogen and oxygen atoms in total. The number of carboxylic acid groups (broad SMARTS) is 1. The Hall–Kier alpha value is -0.770. The molecule has 0 aromatic heterocycles. The summed E-state index contributed by atoms with van der Waals surface area (Å²) in [4.78, 5) is 12.8. The lowest BCUT2D eigenvalue weighted by atomic mass is 9.96. The third-order valence-electron chi connectivity index (χ3n) is 3.55. The Bertz CT molecular complexity index is 272. The van der Waals surface area contributed by atoms with E-state index < -0.39 is 6.09 Å². The van der Waals surface area contributed by atoms with Crippen molar-refractivity contribution in [2.24, 2.45) is 0 Å². The van der Waals surface area contributed by atoms with E-state index in [1.807, 2.05) is 20.8 Å². The first-order valence-corrected chi connectivity index (χ1v) is 6.03. The zero-order valence-electron chi connectivity index (χ0n) is 10.2. The number of hydrogen-bond donors (Lipinski definition) is 0. The van der Waals surface area contributed by atoms with Gasteiger partial charge in [0.15, 0.2) is 0 Å². The van der Waals surface area contributed by atoms with Gasteiger partial charge in [-0.05, 0) is 46.5 Å². The molecule has 92 valence electrons. The van der Waals surface area contributed by atoms with Gasteiger partial charge >= 0.3 is 0 Å². The molecule has 0 aliphatic carbocycles. The van der Waals surface area contributed by atoms with Crippen LogP contribution in [0.25, 0.3) is 0 Å². The van der Waals surface area contributed by atoms with Crippen molar-refractivity contribution >= 4 is 6.09 Å². The van der Waals surface area contributed by atoms with E-state index in [4.69, 9.17) is 4.74 Å². The standard InChI is InChI=1S/C12H21NO3/c1-12(2,3)13(11(14)15)8-6-9-4-5-10(7-8)16-9/h8-10H,4-7H2,1-3H3,(H,14,15)/p-1. The van der Waals surface area contributed by atoms with E-state index >= 15 is 0 Å². The molecule has 0 N–H and O–H groups in total. The summed E-state index contributed by atoms with van der Waals surface area (Å²) < 4.78 is 5.73. The minimum absolute atomic E-state index is 0.0660. The van der Waals surface area contributed by atoms with Gasteiger partial charge in [0, 0.05) is 11.6 Å². The highest BCUT2D eigenvalue weighted by Crippen LogP contribution is 2.36. The Morgan fingerprint density at radius 1 is 1.25 bits per heavy atom. The topological polar surface area (TPSA) is 52.6 Å². The van der Waals surface area contributed by atoms with Gasteiger partial charge in [-0.2, -0.15) is 0 Å². The zero-order chi connectivity index (χ0) is 11.9. The third-order valence-corrected chi connectivity index (χ3v) is 3.55. The Morgan fingerprint density at radius 3 is 2.12 bits per heavy atom. The number of fused-ring (bicyclic) bond motifs is 2. The van der Waals surface area contributed by atoms with Crippen molar-refractivity contribution < 1.29 is 14.6 Å². The molecule has 2 aliphatic rings. The molecule has 0 radical (unpaired) electrons. The van der Waals surface area contributed by atoms with Crippen LogP contribution in [0.5, 0.6) is 0 Å². The van der Waals surface area contributed by atoms with Crippen LogP contribution < -0.4 is 5.11 Å². The van der Waals surface area contributed by atoms with Gasteiger partial charge in [0.1, 0.15) is 6.09 Å². The number of rotatable bonds is 1. The molecule has 16 heavy (non-hydrogen) atoms. The van der Waals surface area contributed by atoms with Crippen LogP contribution in [0.2, 0.25) is 0 Å². The molecule has 2 rings (SSSR count). The van der Waals surface area contributed by atoms with Crippen LogP contribution in [-0.2, 0) is 4.74 Å².